The normalized spacial score (nSPS) is 21.5. The van der Waals surface area contributed by atoms with Crippen LogP contribution in [0.2, 0.25) is 0 Å². The molecule has 3 rings (SSSR count). The van der Waals surface area contributed by atoms with Gasteiger partial charge in [-0.25, -0.2) is 0 Å². The van der Waals surface area contributed by atoms with Gasteiger partial charge in [0.15, 0.2) is 0 Å². The van der Waals surface area contributed by atoms with Crippen molar-refractivity contribution in [1.82, 2.24) is 20.5 Å². The lowest BCUT2D eigenvalue weighted by Crippen LogP contribution is -2.44. The minimum absolute atomic E-state index is 0.172. The molecule has 2 aromatic heterocycles. The van der Waals surface area contributed by atoms with Gasteiger partial charge in [0.2, 0.25) is 0 Å². The summed E-state index contributed by atoms with van der Waals surface area (Å²) in [7, 11) is 0. The van der Waals surface area contributed by atoms with Crippen LogP contribution in [-0.4, -0.2) is 39.8 Å². The standard InChI is InChI=1S/C16H20N4O2/c1-16(6-2-3-7-22-16)11-18-15(21)14-5-4-12(8-17-14)13-9-19-20-10-13/h4-5,8-10H,2-3,6-7,11H2,1H3,(H,18,21)(H,19,20). The molecule has 1 aliphatic rings. The first-order valence-corrected chi connectivity index (χ1v) is 7.54. The molecule has 22 heavy (non-hydrogen) atoms. The number of carbonyl (C=O) groups is 1. The van der Waals surface area contributed by atoms with E-state index in [1.165, 1.54) is 0 Å². The summed E-state index contributed by atoms with van der Waals surface area (Å²) in [5, 5.41) is 9.57. The van der Waals surface area contributed by atoms with E-state index in [0.29, 0.717) is 12.2 Å². The first-order valence-electron chi connectivity index (χ1n) is 7.54. The molecule has 0 aliphatic carbocycles. The third kappa shape index (κ3) is 3.33. The molecular formula is C16H20N4O2. The number of hydrogen-bond donors (Lipinski definition) is 2. The minimum atomic E-state index is -0.259. The number of H-pyrrole nitrogens is 1. The van der Waals surface area contributed by atoms with Gasteiger partial charge in [-0.1, -0.05) is 6.07 Å². The first-order chi connectivity index (χ1) is 10.7. The van der Waals surface area contributed by atoms with E-state index in [2.05, 4.69) is 20.5 Å². The van der Waals surface area contributed by atoms with Gasteiger partial charge in [0.1, 0.15) is 5.69 Å². The fourth-order valence-electron chi connectivity index (χ4n) is 2.60. The highest BCUT2D eigenvalue weighted by Gasteiger charge is 2.28. The maximum absolute atomic E-state index is 12.2. The van der Waals surface area contributed by atoms with Crippen LogP contribution >= 0.6 is 0 Å². The fourth-order valence-corrected chi connectivity index (χ4v) is 2.60. The van der Waals surface area contributed by atoms with Crippen molar-refractivity contribution >= 4 is 5.91 Å². The van der Waals surface area contributed by atoms with Gasteiger partial charge in [-0.3, -0.25) is 14.9 Å². The Morgan fingerprint density at radius 1 is 1.36 bits per heavy atom. The molecule has 0 saturated carbocycles. The third-order valence-corrected chi connectivity index (χ3v) is 4.00. The Kier molecular flexibility index (Phi) is 4.20. The summed E-state index contributed by atoms with van der Waals surface area (Å²) in [6.07, 6.45) is 8.40. The number of amides is 1. The van der Waals surface area contributed by atoms with Gasteiger partial charge in [-0.15, -0.1) is 0 Å². The molecule has 6 nitrogen and oxygen atoms in total. The van der Waals surface area contributed by atoms with Crippen molar-refractivity contribution in [3.63, 3.8) is 0 Å². The lowest BCUT2D eigenvalue weighted by Gasteiger charge is -2.33. The quantitative estimate of drug-likeness (QED) is 0.907. The van der Waals surface area contributed by atoms with Crippen molar-refractivity contribution in [2.45, 2.75) is 31.8 Å². The summed E-state index contributed by atoms with van der Waals surface area (Å²) in [6.45, 7) is 3.32. The van der Waals surface area contributed by atoms with E-state index in [-0.39, 0.29) is 11.5 Å². The molecule has 1 saturated heterocycles. The van der Waals surface area contributed by atoms with Crippen molar-refractivity contribution in [3.8, 4) is 11.1 Å². The molecule has 3 heterocycles. The van der Waals surface area contributed by atoms with Crippen LogP contribution in [0.4, 0.5) is 0 Å². The second-order valence-electron chi connectivity index (χ2n) is 5.86. The highest BCUT2D eigenvalue weighted by molar-refractivity contribution is 5.92. The molecule has 1 amide bonds. The third-order valence-electron chi connectivity index (χ3n) is 4.00. The van der Waals surface area contributed by atoms with Gasteiger partial charge >= 0.3 is 0 Å². The number of rotatable bonds is 4. The zero-order chi connectivity index (χ0) is 15.4. The van der Waals surface area contributed by atoms with Gasteiger partial charge < -0.3 is 10.1 Å². The zero-order valence-electron chi connectivity index (χ0n) is 12.6. The summed E-state index contributed by atoms with van der Waals surface area (Å²) in [6, 6.07) is 3.59. The van der Waals surface area contributed by atoms with Crippen LogP contribution in [0.5, 0.6) is 0 Å². The largest absolute Gasteiger partial charge is 0.373 e. The number of aromatic amines is 1. The average Bonchev–Trinajstić information content (AvgIpc) is 3.08. The van der Waals surface area contributed by atoms with Crippen LogP contribution in [0.25, 0.3) is 11.1 Å². The van der Waals surface area contributed by atoms with Crippen molar-refractivity contribution in [3.05, 3.63) is 36.4 Å². The van der Waals surface area contributed by atoms with E-state index in [1.54, 1.807) is 24.7 Å². The molecular weight excluding hydrogens is 280 g/mol. The molecule has 2 N–H and O–H groups in total. The lowest BCUT2D eigenvalue weighted by molar-refractivity contribution is -0.0619. The van der Waals surface area contributed by atoms with Gasteiger partial charge in [0.25, 0.3) is 5.91 Å². The second kappa shape index (κ2) is 6.27. The Balaban J connectivity index is 1.60. The molecule has 0 bridgehead atoms. The molecule has 0 spiro atoms. The molecule has 6 heteroatoms. The number of pyridine rings is 1. The number of aromatic nitrogens is 3. The number of carbonyl (C=O) groups excluding carboxylic acids is 1. The smallest absolute Gasteiger partial charge is 0.269 e. The van der Waals surface area contributed by atoms with Gasteiger partial charge in [-0.2, -0.15) is 5.10 Å². The Bertz CT molecular complexity index is 616. The fraction of sp³-hybridized carbons (Fsp3) is 0.438. The molecule has 1 fully saturated rings. The van der Waals surface area contributed by atoms with E-state index >= 15 is 0 Å². The molecule has 116 valence electrons. The van der Waals surface area contributed by atoms with Crippen molar-refractivity contribution in [2.24, 2.45) is 0 Å². The Hall–Kier alpha value is -2.21. The lowest BCUT2D eigenvalue weighted by atomic mass is 9.96. The summed E-state index contributed by atoms with van der Waals surface area (Å²) in [4.78, 5) is 16.4. The van der Waals surface area contributed by atoms with Crippen LogP contribution in [-0.2, 0) is 4.74 Å². The van der Waals surface area contributed by atoms with Crippen molar-refractivity contribution < 1.29 is 9.53 Å². The summed E-state index contributed by atoms with van der Waals surface area (Å²) in [5.74, 6) is -0.172. The van der Waals surface area contributed by atoms with Crippen LogP contribution in [0, 0.1) is 0 Å². The topological polar surface area (TPSA) is 79.9 Å². The predicted octanol–water partition coefficient (Wildman–Crippen LogP) is 2.16. The van der Waals surface area contributed by atoms with E-state index < -0.39 is 0 Å². The number of nitrogens with zero attached hydrogens (tertiary/aromatic N) is 2. The molecule has 2 aromatic rings. The van der Waals surface area contributed by atoms with Crippen LogP contribution in [0.3, 0.4) is 0 Å². The van der Waals surface area contributed by atoms with Gasteiger partial charge in [0.05, 0.1) is 11.8 Å². The Labute approximate surface area is 129 Å². The second-order valence-corrected chi connectivity index (χ2v) is 5.86. The molecule has 1 unspecified atom stereocenters. The molecule has 0 radical (unpaired) electrons. The Morgan fingerprint density at radius 2 is 2.27 bits per heavy atom. The SMILES string of the molecule is CC1(CNC(=O)c2ccc(-c3cn[nH]c3)cn2)CCCCO1. The highest BCUT2D eigenvalue weighted by Crippen LogP contribution is 2.23. The number of nitrogens with one attached hydrogen (secondary N) is 2. The summed E-state index contributed by atoms with van der Waals surface area (Å²) < 4.78 is 5.77. The van der Waals surface area contributed by atoms with E-state index in [4.69, 9.17) is 4.74 Å². The van der Waals surface area contributed by atoms with Crippen LogP contribution in [0.15, 0.2) is 30.7 Å². The number of hydrogen-bond acceptors (Lipinski definition) is 4. The van der Waals surface area contributed by atoms with Gasteiger partial charge in [0, 0.05) is 36.7 Å². The summed E-state index contributed by atoms with van der Waals surface area (Å²) in [5.41, 5.74) is 2.02. The van der Waals surface area contributed by atoms with Crippen LogP contribution in [0.1, 0.15) is 36.7 Å². The minimum Gasteiger partial charge on any atom is -0.373 e. The average molecular weight is 300 g/mol. The van der Waals surface area contributed by atoms with E-state index in [9.17, 15) is 4.79 Å². The van der Waals surface area contributed by atoms with Crippen LogP contribution < -0.4 is 5.32 Å². The molecule has 1 atom stereocenters. The maximum Gasteiger partial charge on any atom is 0.269 e. The van der Waals surface area contributed by atoms with Crippen molar-refractivity contribution in [2.75, 3.05) is 13.2 Å². The van der Waals surface area contributed by atoms with E-state index in [1.807, 2.05) is 13.0 Å². The van der Waals surface area contributed by atoms with E-state index in [0.717, 1.165) is 37.0 Å². The van der Waals surface area contributed by atoms with Crippen molar-refractivity contribution in [1.29, 1.82) is 0 Å². The predicted molar refractivity (Wildman–Crippen MR) is 82.4 cm³/mol. The first kappa shape index (κ1) is 14.7. The zero-order valence-corrected chi connectivity index (χ0v) is 12.6. The Morgan fingerprint density at radius 3 is 2.91 bits per heavy atom. The monoisotopic (exact) mass is 300 g/mol. The number of ether oxygens (including phenoxy) is 1. The molecule has 1 aliphatic heterocycles. The van der Waals surface area contributed by atoms with Gasteiger partial charge in [-0.05, 0) is 32.3 Å². The highest BCUT2D eigenvalue weighted by atomic mass is 16.5. The summed E-state index contributed by atoms with van der Waals surface area (Å²) >= 11 is 0. The molecule has 0 aromatic carbocycles. The maximum atomic E-state index is 12.2.